The summed E-state index contributed by atoms with van der Waals surface area (Å²) in [6.07, 6.45) is 2.99. The molecule has 0 bridgehead atoms. The first-order valence-electron chi connectivity index (χ1n) is 7.83. The standard InChI is InChI=1S/C18H17N3O3/c1-12-14(21-9-3-2-4-17(21)19-12)6-8-18(22)20-13-5-7-15-16(10-13)24-11-23-15/h2-5,7,9-10H,6,8,11H2,1H3,(H,20,22). The predicted molar refractivity (Wildman–Crippen MR) is 89.4 cm³/mol. The number of carbonyl (C=O) groups excluding carboxylic acids is 1. The molecule has 4 rings (SSSR count). The fourth-order valence-corrected chi connectivity index (χ4v) is 2.90. The zero-order valence-electron chi connectivity index (χ0n) is 13.3. The minimum absolute atomic E-state index is 0.0425. The first-order valence-corrected chi connectivity index (χ1v) is 7.83. The number of anilines is 1. The number of ether oxygens (including phenoxy) is 2. The number of pyridine rings is 1. The van der Waals surface area contributed by atoms with Crippen molar-refractivity contribution in [3.63, 3.8) is 0 Å². The molecule has 3 heterocycles. The Labute approximate surface area is 139 Å². The van der Waals surface area contributed by atoms with Gasteiger partial charge in [-0.05, 0) is 37.6 Å². The maximum Gasteiger partial charge on any atom is 0.231 e. The highest BCUT2D eigenvalue weighted by molar-refractivity contribution is 5.91. The molecule has 122 valence electrons. The monoisotopic (exact) mass is 323 g/mol. The lowest BCUT2D eigenvalue weighted by molar-refractivity contribution is -0.116. The van der Waals surface area contributed by atoms with Crippen LogP contribution < -0.4 is 14.8 Å². The first kappa shape index (κ1) is 14.6. The van der Waals surface area contributed by atoms with Crippen LogP contribution in [0, 0.1) is 6.92 Å². The predicted octanol–water partition coefficient (Wildman–Crippen LogP) is 2.94. The summed E-state index contributed by atoms with van der Waals surface area (Å²) >= 11 is 0. The fourth-order valence-electron chi connectivity index (χ4n) is 2.90. The Hall–Kier alpha value is -3.02. The Bertz CT molecular complexity index is 917. The number of hydrogen-bond acceptors (Lipinski definition) is 4. The first-order chi connectivity index (χ1) is 11.7. The van der Waals surface area contributed by atoms with Crippen molar-refractivity contribution in [3.8, 4) is 11.5 Å². The van der Waals surface area contributed by atoms with Crippen LogP contribution >= 0.6 is 0 Å². The average molecular weight is 323 g/mol. The van der Waals surface area contributed by atoms with E-state index in [0.29, 0.717) is 30.0 Å². The van der Waals surface area contributed by atoms with Gasteiger partial charge in [-0.15, -0.1) is 0 Å². The van der Waals surface area contributed by atoms with Gasteiger partial charge in [0.15, 0.2) is 11.5 Å². The van der Waals surface area contributed by atoms with E-state index < -0.39 is 0 Å². The maximum atomic E-state index is 12.2. The lowest BCUT2D eigenvalue weighted by Crippen LogP contribution is -2.13. The van der Waals surface area contributed by atoms with Gasteiger partial charge >= 0.3 is 0 Å². The van der Waals surface area contributed by atoms with Crippen LogP contribution in [0.15, 0.2) is 42.6 Å². The SMILES string of the molecule is Cc1nc2ccccn2c1CCC(=O)Nc1ccc2c(c1)OCO2. The van der Waals surface area contributed by atoms with Crippen molar-refractivity contribution in [3.05, 3.63) is 54.0 Å². The fraction of sp³-hybridized carbons (Fsp3) is 0.222. The number of rotatable bonds is 4. The molecule has 6 nitrogen and oxygen atoms in total. The summed E-state index contributed by atoms with van der Waals surface area (Å²) in [5.41, 5.74) is 3.63. The number of benzene rings is 1. The van der Waals surface area contributed by atoms with Gasteiger partial charge in [-0.1, -0.05) is 6.07 Å². The van der Waals surface area contributed by atoms with E-state index in [1.54, 1.807) is 12.1 Å². The van der Waals surface area contributed by atoms with Gasteiger partial charge < -0.3 is 19.2 Å². The number of amides is 1. The Morgan fingerprint density at radius 1 is 1.25 bits per heavy atom. The van der Waals surface area contributed by atoms with Crippen LogP contribution in [-0.2, 0) is 11.2 Å². The number of aryl methyl sites for hydroxylation is 2. The van der Waals surface area contributed by atoms with Crippen LogP contribution in [0.4, 0.5) is 5.69 Å². The van der Waals surface area contributed by atoms with Crippen LogP contribution in [0.5, 0.6) is 11.5 Å². The molecule has 1 aliphatic rings. The number of aromatic nitrogens is 2. The van der Waals surface area contributed by atoms with Crippen molar-refractivity contribution in [1.82, 2.24) is 9.38 Å². The number of fused-ring (bicyclic) bond motifs is 2. The van der Waals surface area contributed by atoms with Crippen molar-refractivity contribution >= 4 is 17.2 Å². The smallest absolute Gasteiger partial charge is 0.231 e. The lowest BCUT2D eigenvalue weighted by Gasteiger charge is -2.07. The van der Waals surface area contributed by atoms with E-state index >= 15 is 0 Å². The summed E-state index contributed by atoms with van der Waals surface area (Å²) in [4.78, 5) is 16.8. The van der Waals surface area contributed by atoms with Crippen molar-refractivity contribution in [2.45, 2.75) is 19.8 Å². The second kappa shape index (κ2) is 5.88. The molecule has 1 amide bonds. The quantitative estimate of drug-likeness (QED) is 0.802. The Balaban J connectivity index is 1.44. The molecule has 3 aromatic rings. The molecule has 0 aliphatic carbocycles. The summed E-state index contributed by atoms with van der Waals surface area (Å²) in [7, 11) is 0. The van der Waals surface area contributed by atoms with Gasteiger partial charge in [0.2, 0.25) is 12.7 Å². The Morgan fingerprint density at radius 3 is 3.04 bits per heavy atom. The van der Waals surface area contributed by atoms with E-state index in [0.717, 1.165) is 17.0 Å². The van der Waals surface area contributed by atoms with Gasteiger partial charge in [0.05, 0.1) is 5.69 Å². The highest BCUT2D eigenvalue weighted by Gasteiger charge is 2.15. The summed E-state index contributed by atoms with van der Waals surface area (Å²) in [6.45, 7) is 2.19. The molecule has 0 fully saturated rings. The molecule has 24 heavy (non-hydrogen) atoms. The van der Waals surface area contributed by atoms with E-state index in [-0.39, 0.29) is 12.7 Å². The zero-order chi connectivity index (χ0) is 16.5. The topological polar surface area (TPSA) is 64.9 Å². The number of nitrogens with zero attached hydrogens (tertiary/aromatic N) is 2. The highest BCUT2D eigenvalue weighted by atomic mass is 16.7. The van der Waals surface area contributed by atoms with Gasteiger partial charge in [-0.3, -0.25) is 4.79 Å². The summed E-state index contributed by atoms with van der Waals surface area (Å²) < 4.78 is 12.6. The maximum absolute atomic E-state index is 12.2. The van der Waals surface area contributed by atoms with Crippen LogP contribution in [0.3, 0.4) is 0 Å². The van der Waals surface area contributed by atoms with Crippen LogP contribution in [0.1, 0.15) is 17.8 Å². The summed E-state index contributed by atoms with van der Waals surface area (Å²) in [5.74, 6) is 1.32. The molecule has 0 radical (unpaired) electrons. The van der Waals surface area contributed by atoms with E-state index in [1.807, 2.05) is 41.8 Å². The van der Waals surface area contributed by atoms with Crippen molar-refractivity contribution in [2.75, 3.05) is 12.1 Å². The number of hydrogen-bond donors (Lipinski definition) is 1. The van der Waals surface area contributed by atoms with E-state index in [9.17, 15) is 4.79 Å². The summed E-state index contributed by atoms with van der Waals surface area (Å²) in [6, 6.07) is 11.3. The lowest BCUT2D eigenvalue weighted by atomic mass is 10.2. The highest BCUT2D eigenvalue weighted by Crippen LogP contribution is 2.34. The van der Waals surface area contributed by atoms with E-state index in [4.69, 9.17) is 9.47 Å². The molecule has 1 N–H and O–H groups in total. The second-order valence-corrected chi connectivity index (χ2v) is 5.69. The van der Waals surface area contributed by atoms with Crippen LogP contribution in [0.2, 0.25) is 0 Å². The molecule has 0 spiro atoms. The van der Waals surface area contributed by atoms with E-state index in [1.165, 1.54) is 0 Å². The molecule has 1 aliphatic heterocycles. The van der Waals surface area contributed by atoms with Gasteiger partial charge in [-0.25, -0.2) is 4.98 Å². The largest absolute Gasteiger partial charge is 0.454 e. The third kappa shape index (κ3) is 2.67. The molecule has 2 aromatic heterocycles. The number of nitrogens with one attached hydrogen (secondary N) is 1. The number of carbonyl (C=O) groups is 1. The molecule has 0 saturated heterocycles. The third-order valence-electron chi connectivity index (χ3n) is 4.07. The molecule has 0 atom stereocenters. The summed E-state index contributed by atoms with van der Waals surface area (Å²) in [5, 5.41) is 2.90. The molecular weight excluding hydrogens is 306 g/mol. The minimum Gasteiger partial charge on any atom is -0.454 e. The zero-order valence-corrected chi connectivity index (χ0v) is 13.3. The minimum atomic E-state index is -0.0425. The second-order valence-electron chi connectivity index (χ2n) is 5.69. The molecule has 1 aromatic carbocycles. The molecule has 0 saturated carbocycles. The molecular formula is C18H17N3O3. The number of imidazole rings is 1. The van der Waals surface area contributed by atoms with Gasteiger partial charge in [0, 0.05) is 30.1 Å². The molecule has 0 unspecified atom stereocenters. The van der Waals surface area contributed by atoms with Crippen molar-refractivity contribution < 1.29 is 14.3 Å². The van der Waals surface area contributed by atoms with Gasteiger partial charge in [0.25, 0.3) is 0 Å². The van der Waals surface area contributed by atoms with Gasteiger partial charge in [-0.2, -0.15) is 0 Å². The van der Waals surface area contributed by atoms with Crippen molar-refractivity contribution in [2.24, 2.45) is 0 Å². The van der Waals surface area contributed by atoms with E-state index in [2.05, 4.69) is 10.3 Å². The van der Waals surface area contributed by atoms with Crippen LogP contribution in [0.25, 0.3) is 5.65 Å². The van der Waals surface area contributed by atoms with Crippen LogP contribution in [-0.4, -0.2) is 22.1 Å². The normalized spacial score (nSPS) is 12.5. The Kier molecular flexibility index (Phi) is 3.57. The third-order valence-corrected chi connectivity index (χ3v) is 4.07. The van der Waals surface area contributed by atoms with Crippen molar-refractivity contribution in [1.29, 1.82) is 0 Å². The Morgan fingerprint density at radius 2 is 2.12 bits per heavy atom. The molecule has 6 heteroatoms. The van der Waals surface area contributed by atoms with Gasteiger partial charge in [0.1, 0.15) is 5.65 Å². The average Bonchev–Trinajstić information content (AvgIpc) is 3.16.